The molecule has 4 heteroatoms. The van der Waals surface area contributed by atoms with Crippen molar-refractivity contribution in [1.82, 2.24) is 0 Å². The summed E-state index contributed by atoms with van der Waals surface area (Å²) in [5.74, 6) is 0.213. The molecule has 0 N–H and O–H groups in total. The molecule has 0 fully saturated rings. The van der Waals surface area contributed by atoms with Crippen LogP contribution in [0.15, 0.2) is 37.1 Å². The minimum atomic E-state index is -0.299. The summed E-state index contributed by atoms with van der Waals surface area (Å²) in [5, 5.41) is 0. The lowest BCUT2D eigenvalue weighted by Gasteiger charge is -2.01. The monoisotopic (exact) mass is 165 g/mol. The molecule has 0 unspecified atom stereocenters. The van der Waals surface area contributed by atoms with Crippen molar-refractivity contribution >= 4 is 7.69 Å². The zero-order valence-corrected chi connectivity index (χ0v) is 6.37. The normalized spacial score (nSPS) is 8.75. The number of benzene rings is 1. The molecule has 0 saturated heterocycles. The highest BCUT2D eigenvalue weighted by molar-refractivity contribution is 6.19. The molecule has 1 aromatic carbocycles. The second kappa shape index (κ2) is 4.44. The van der Waals surface area contributed by atoms with Crippen molar-refractivity contribution in [3.8, 4) is 5.75 Å². The summed E-state index contributed by atoms with van der Waals surface area (Å²) in [7, 11) is 1.11. The Labute approximate surface area is 70.9 Å². The van der Waals surface area contributed by atoms with Crippen molar-refractivity contribution in [2.75, 3.05) is 0 Å². The zero-order chi connectivity index (χ0) is 8.81. The molecule has 0 saturated carbocycles. The fraction of sp³-hybridized carbons (Fsp3) is 0. The molecule has 0 aromatic heterocycles. The highest BCUT2D eigenvalue weighted by atomic mass is 19.1. The van der Waals surface area contributed by atoms with E-state index in [4.69, 9.17) is 4.65 Å². The van der Waals surface area contributed by atoms with Gasteiger partial charge in [-0.05, 0) is 24.3 Å². The van der Waals surface area contributed by atoms with Crippen LogP contribution in [-0.2, 0) is 4.65 Å². The fourth-order valence-electron chi connectivity index (χ4n) is 0.636. The van der Waals surface area contributed by atoms with Crippen LogP contribution < -0.4 is 4.65 Å². The van der Waals surface area contributed by atoms with Crippen molar-refractivity contribution in [2.45, 2.75) is 0 Å². The predicted molar refractivity (Wildman–Crippen MR) is 44.1 cm³/mol. The third-order valence-electron chi connectivity index (χ3n) is 1.15. The van der Waals surface area contributed by atoms with Crippen molar-refractivity contribution in [3.63, 3.8) is 0 Å². The third kappa shape index (κ3) is 2.66. The third-order valence-corrected chi connectivity index (χ3v) is 1.15. The van der Waals surface area contributed by atoms with E-state index in [9.17, 15) is 4.39 Å². The van der Waals surface area contributed by atoms with Gasteiger partial charge in [0, 0.05) is 0 Å². The largest absolute Gasteiger partial charge is 0.657 e. The molecule has 0 aliphatic rings. The maximum absolute atomic E-state index is 12.4. The van der Waals surface area contributed by atoms with Gasteiger partial charge >= 0.3 is 7.69 Å². The quantitative estimate of drug-likeness (QED) is 0.385. The number of hydrogen-bond donors (Lipinski definition) is 0. The number of rotatable bonds is 4. The Morgan fingerprint density at radius 3 is 2.58 bits per heavy atom. The first-order valence-electron chi connectivity index (χ1n) is 3.33. The summed E-state index contributed by atoms with van der Waals surface area (Å²) < 4.78 is 21.9. The van der Waals surface area contributed by atoms with Crippen LogP contribution in [0.4, 0.5) is 4.39 Å². The summed E-state index contributed by atoms with van der Waals surface area (Å²) in [6, 6.07) is 5.60. The molecule has 1 rings (SSSR count). The van der Waals surface area contributed by atoms with Crippen molar-refractivity contribution in [2.24, 2.45) is 0 Å². The van der Waals surface area contributed by atoms with Gasteiger partial charge in [-0.25, -0.2) is 4.39 Å². The molecule has 61 valence electrons. The van der Waals surface area contributed by atoms with Crippen LogP contribution in [0.5, 0.6) is 5.75 Å². The summed E-state index contributed by atoms with van der Waals surface area (Å²) >= 11 is 0. The van der Waals surface area contributed by atoms with Gasteiger partial charge in [0.05, 0.1) is 6.26 Å². The topological polar surface area (TPSA) is 18.5 Å². The SMILES string of the molecule is C=CO[B]Oc1ccc(F)cc1. The van der Waals surface area contributed by atoms with Gasteiger partial charge in [-0.15, -0.1) is 0 Å². The van der Waals surface area contributed by atoms with Crippen molar-refractivity contribution in [3.05, 3.63) is 42.9 Å². The Hall–Kier alpha value is -1.45. The van der Waals surface area contributed by atoms with E-state index in [1.54, 1.807) is 0 Å². The van der Waals surface area contributed by atoms with Gasteiger partial charge in [0.2, 0.25) is 0 Å². The second-order valence-corrected chi connectivity index (χ2v) is 1.97. The van der Waals surface area contributed by atoms with Crippen LogP contribution in [0.2, 0.25) is 0 Å². The van der Waals surface area contributed by atoms with E-state index in [0.717, 1.165) is 7.69 Å². The maximum Gasteiger partial charge on any atom is 0.657 e. The molecule has 0 heterocycles. The molecule has 0 bridgehead atoms. The summed E-state index contributed by atoms with van der Waals surface area (Å²) in [6.07, 6.45) is 1.23. The second-order valence-electron chi connectivity index (χ2n) is 1.97. The van der Waals surface area contributed by atoms with E-state index in [-0.39, 0.29) is 5.82 Å². The average Bonchev–Trinajstić information content (AvgIpc) is 2.09. The molecule has 0 aliphatic carbocycles. The molecular formula is C8H7BFO2. The van der Waals surface area contributed by atoms with E-state index in [1.165, 1.54) is 30.5 Å². The van der Waals surface area contributed by atoms with Crippen LogP contribution in [0.3, 0.4) is 0 Å². The Morgan fingerprint density at radius 2 is 2.00 bits per heavy atom. The van der Waals surface area contributed by atoms with E-state index in [2.05, 4.69) is 11.2 Å². The average molecular weight is 165 g/mol. The Bertz CT molecular complexity index is 248. The molecule has 0 amide bonds. The smallest absolute Gasteiger partial charge is 0.533 e. The lowest BCUT2D eigenvalue weighted by atomic mass is 10.3. The first kappa shape index (κ1) is 8.65. The highest BCUT2D eigenvalue weighted by Crippen LogP contribution is 2.09. The minimum Gasteiger partial charge on any atom is -0.533 e. The van der Waals surface area contributed by atoms with Gasteiger partial charge in [0.1, 0.15) is 11.6 Å². The first-order valence-corrected chi connectivity index (χ1v) is 3.33. The summed E-state index contributed by atoms with van der Waals surface area (Å²) in [5.41, 5.74) is 0. The Balaban J connectivity index is 2.42. The maximum atomic E-state index is 12.4. The van der Waals surface area contributed by atoms with Gasteiger partial charge in [0.25, 0.3) is 0 Å². The van der Waals surface area contributed by atoms with Crippen LogP contribution in [0.25, 0.3) is 0 Å². The van der Waals surface area contributed by atoms with Crippen molar-refractivity contribution in [1.29, 1.82) is 0 Å². The van der Waals surface area contributed by atoms with Crippen LogP contribution >= 0.6 is 0 Å². The predicted octanol–water partition coefficient (Wildman–Crippen LogP) is 1.90. The van der Waals surface area contributed by atoms with E-state index >= 15 is 0 Å². The zero-order valence-electron chi connectivity index (χ0n) is 6.37. The molecule has 0 atom stereocenters. The molecule has 2 nitrogen and oxygen atoms in total. The molecule has 1 radical (unpaired) electrons. The van der Waals surface area contributed by atoms with E-state index < -0.39 is 0 Å². The van der Waals surface area contributed by atoms with E-state index in [0.29, 0.717) is 5.75 Å². The lowest BCUT2D eigenvalue weighted by Crippen LogP contribution is -2.03. The van der Waals surface area contributed by atoms with Crippen molar-refractivity contribution < 1.29 is 13.7 Å². The number of hydrogen-bond acceptors (Lipinski definition) is 2. The van der Waals surface area contributed by atoms with Gasteiger partial charge in [-0.3, -0.25) is 0 Å². The Kier molecular flexibility index (Phi) is 3.20. The van der Waals surface area contributed by atoms with Crippen LogP contribution in [0, 0.1) is 5.82 Å². The molecule has 1 aromatic rings. The fourth-order valence-corrected chi connectivity index (χ4v) is 0.636. The summed E-state index contributed by atoms with van der Waals surface area (Å²) in [4.78, 5) is 0. The molecule has 0 aliphatic heterocycles. The van der Waals surface area contributed by atoms with Crippen LogP contribution in [0.1, 0.15) is 0 Å². The molecule has 12 heavy (non-hydrogen) atoms. The van der Waals surface area contributed by atoms with Crippen LogP contribution in [-0.4, -0.2) is 7.69 Å². The number of halogens is 1. The Morgan fingerprint density at radius 1 is 1.33 bits per heavy atom. The molecule has 0 spiro atoms. The van der Waals surface area contributed by atoms with Gasteiger partial charge < -0.3 is 9.31 Å². The standard InChI is InChI=1S/C8H7BFO2/c1-2-11-9-12-8-5-3-7(10)4-6-8/h2-6H,1H2. The first-order chi connectivity index (χ1) is 5.83. The summed E-state index contributed by atoms with van der Waals surface area (Å²) in [6.45, 7) is 3.31. The highest BCUT2D eigenvalue weighted by Gasteiger charge is 1.96. The van der Waals surface area contributed by atoms with Gasteiger partial charge in [-0.1, -0.05) is 6.58 Å². The van der Waals surface area contributed by atoms with E-state index in [1.807, 2.05) is 0 Å². The lowest BCUT2D eigenvalue weighted by molar-refractivity contribution is 0.413. The van der Waals surface area contributed by atoms with Gasteiger partial charge in [0.15, 0.2) is 0 Å². The minimum absolute atomic E-state index is 0.299. The van der Waals surface area contributed by atoms with Gasteiger partial charge in [-0.2, -0.15) is 0 Å². The molecular weight excluding hydrogens is 158 g/mol.